The Morgan fingerprint density at radius 3 is 2.18 bits per heavy atom. The van der Waals surface area contributed by atoms with Crippen molar-refractivity contribution in [3.8, 4) is 0 Å². The van der Waals surface area contributed by atoms with Gasteiger partial charge >= 0.3 is 0 Å². The molecule has 2 saturated carbocycles. The van der Waals surface area contributed by atoms with E-state index in [2.05, 4.69) is 33.0 Å². The zero-order valence-electron chi connectivity index (χ0n) is 12.3. The summed E-state index contributed by atoms with van der Waals surface area (Å²) < 4.78 is 0. The van der Waals surface area contributed by atoms with Gasteiger partial charge in [0.15, 0.2) is 0 Å². The van der Waals surface area contributed by atoms with Gasteiger partial charge in [-0.15, -0.1) is 0 Å². The van der Waals surface area contributed by atoms with Gasteiger partial charge in [0.1, 0.15) is 0 Å². The molecule has 2 aliphatic rings. The molecule has 100 valence electrons. The minimum absolute atomic E-state index is 0.582. The minimum atomic E-state index is 0.582. The Bertz CT molecular complexity index is 238. The zero-order valence-corrected chi connectivity index (χ0v) is 12.3. The fourth-order valence-corrected chi connectivity index (χ4v) is 3.92. The summed E-state index contributed by atoms with van der Waals surface area (Å²) in [6.07, 6.45) is 9.88. The predicted molar refractivity (Wildman–Crippen MR) is 75.1 cm³/mol. The second-order valence-corrected chi connectivity index (χ2v) is 7.61. The van der Waals surface area contributed by atoms with E-state index < -0.39 is 0 Å². The summed E-state index contributed by atoms with van der Waals surface area (Å²) in [5.41, 5.74) is 0.582. The van der Waals surface area contributed by atoms with E-state index in [9.17, 15) is 0 Å². The maximum Gasteiger partial charge on any atom is 0.00956 e. The Labute approximate surface area is 108 Å². The van der Waals surface area contributed by atoms with E-state index in [-0.39, 0.29) is 0 Å². The molecule has 2 rings (SSSR count). The third-order valence-electron chi connectivity index (χ3n) is 5.16. The Morgan fingerprint density at radius 1 is 0.941 bits per heavy atom. The van der Waals surface area contributed by atoms with Crippen molar-refractivity contribution in [2.45, 2.75) is 84.7 Å². The van der Waals surface area contributed by atoms with Crippen LogP contribution in [0, 0.1) is 17.3 Å². The van der Waals surface area contributed by atoms with E-state index in [1.807, 2.05) is 0 Å². The second-order valence-electron chi connectivity index (χ2n) is 7.61. The molecule has 2 aliphatic carbocycles. The molecular weight excluding hydrogens is 206 g/mol. The van der Waals surface area contributed by atoms with Crippen molar-refractivity contribution in [3.05, 3.63) is 0 Å². The van der Waals surface area contributed by atoms with Crippen molar-refractivity contribution < 1.29 is 0 Å². The van der Waals surface area contributed by atoms with Crippen LogP contribution < -0.4 is 5.32 Å². The van der Waals surface area contributed by atoms with E-state index in [4.69, 9.17) is 0 Å². The molecule has 2 unspecified atom stereocenters. The molecule has 2 atom stereocenters. The molecule has 17 heavy (non-hydrogen) atoms. The smallest absolute Gasteiger partial charge is 0.00956 e. The fourth-order valence-electron chi connectivity index (χ4n) is 3.92. The maximum absolute atomic E-state index is 3.97. The molecule has 0 aromatic heterocycles. The summed E-state index contributed by atoms with van der Waals surface area (Å²) >= 11 is 0. The molecular formula is C16H31N. The summed E-state index contributed by atoms with van der Waals surface area (Å²) in [5.74, 6) is 1.83. The van der Waals surface area contributed by atoms with Gasteiger partial charge in [0.2, 0.25) is 0 Å². The van der Waals surface area contributed by atoms with Gasteiger partial charge in [-0.3, -0.25) is 0 Å². The first kappa shape index (κ1) is 13.4. The lowest BCUT2D eigenvalue weighted by Crippen LogP contribution is -2.47. The van der Waals surface area contributed by atoms with Crippen molar-refractivity contribution >= 4 is 0 Å². The van der Waals surface area contributed by atoms with Crippen molar-refractivity contribution in [2.75, 3.05) is 0 Å². The highest BCUT2D eigenvalue weighted by molar-refractivity contribution is 4.89. The topological polar surface area (TPSA) is 12.0 Å². The Balaban J connectivity index is 1.79. The van der Waals surface area contributed by atoms with Gasteiger partial charge in [0.05, 0.1) is 0 Å². The molecule has 0 saturated heterocycles. The highest BCUT2D eigenvalue weighted by Gasteiger charge is 2.33. The summed E-state index contributed by atoms with van der Waals surface area (Å²) in [6.45, 7) is 9.72. The third-order valence-corrected chi connectivity index (χ3v) is 5.16. The number of rotatable bonds is 2. The lowest BCUT2D eigenvalue weighted by molar-refractivity contribution is 0.133. The zero-order chi connectivity index (χ0) is 12.5. The van der Waals surface area contributed by atoms with Crippen LogP contribution in [0.2, 0.25) is 0 Å². The van der Waals surface area contributed by atoms with Crippen molar-refractivity contribution in [1.82, 2.24) is 5.32 Å². The standard InChI is InChI=1S/C16H31N/c1-12-5-7-14(8-6-12)17-15-9-10-16(3,4)11-13(15)2/h12-15,17H,5-11H2,1-4H3. The molecule has 2 fully saturated rings. The van der Waals surface area contributed by atoms with Crippen molar-refractivity contribution in [2.24, 2.45) is 17.3 Å². The maximum atomic E-state index is 3.97. The van der Waals surface area contributed by atoms with Gasteiger partial charge in [0.25, 0.3) is 0 Å². The van der Waals surface area contributed by atoms with E-state index in [0.717, 1.165) is 23.9 Å². The van der Waals surface area contributed by atoms with E-state index in [1.165, 1.54) is 44.9 Å². The van der Waals surface area contributed by atoms with Crippen LogP contribution in [0.1, 0.15) is 72.6 Å². The fraction of sp³-hybridized carbons (Fsp3) is 1.00. The van der Waals surface area contributed by atoms with Gasteiger partial charge in [-0.2, -0.15) is 0 Å². The number of nitrogens with one attached hydrogen (secondary N) is 1. The SMILES string of the molecule is CC1CCC(NC2CCC(C)(C)CC2C)CC1. The largest absolute Gasteiger partial charge is 0.311 e. The van der Waals surface area contributed by atoms with Crippen LogP contribution in [0.15, 0.2) is 0 Å². The first-order chi connectivity index (χ1) is 7.96. The van der Waals surface area contributed by atoms with Crippen molar-refractivity contribution in [3.63, 3.8) is 0 Å². The average Bonchev–Trinajstić information content (AvgIpc) is 2.24. The van der Waals surface area contributed by atoms with Crippen LogP contribution in [0.5, 0.6) is 0 Å². The molecule has 1 heteroatoms. The number of hydrogen-bond donors (Lipinski definition) is 1. The first-order valence-corrected chi connectivity index (χ1v) is 7.72. The lowest BCUT2D eigenvalue weighted by Gasteiger charge is -2.42. The van der Waals surface area contributed by atoms with Crippen LogP contribution in [0.25, 0.3) is 0 Å². The Morgan fingerprint density at radius 2 is 1.59 bits per heavy atom. The van der Waals surface area contributed by atoms with E-state index in [1.54, 1.807) is 0 Å². The first-order valence-electron chi connectivity index (χ1n) is 7.72. The molecule has 0 spiro atoms. The van der Waals surface area contributed by atoms with Gasteiger partial charge in [-0.25, -0.2) is 0 Å². The normalized spacial score (nSPS) is 42.4. The van der Waals surface area contributed by atoms with E-state index >= 15 is 0 Å². The highest BCUT2D eigenvalue weighted by atomic mass is 15.0. The molecule has 0 aromatic carbocycles. The van der Waals surface area contributed by atoms with Gasteiger partial charge in [0, 0.05) is 12.1 Å². The minimum Gasteiger partial charge on any atom is -0.311 e. The van der Waals surface area contributed by atoms with E-state index in [0.29, 0.717) is 5.41 Å². The lowest BCUT2D eigenvalue weighted by atomic mass is 9.70. The van der Waals surface area contributed by atoms with Crippen LogP contribution in [-0.2, 0) is 0 Å². The Hall–Kier alpha value is -0.0400. The molecule has 0 aromatic rings. The van der Waals surface area contributed by atoms with Crippen LogP contribution in [0.3, 0.4) is 0 Å². The quantitative estimate of drug-likeness (QED) is 0.752. The van der Waals surface area contributed by atoms with Crippen LogP contribution in [0.4, 0.5) is 0 Å². The van der Waals surface area contributed by atoms with Crippen LogP contribution >= 0.6 is 0 Å². The van der Waals surface area contributed by atoms with Gasteiger partial charge in [-0.1, -0.05) is 27.7 Å². The molecule has 0 radical (unpaired) electrons. The summed E-state index contributed by atoms with van der Waals surface area (Å²) in [6, 6.07) is 1.61. The highest BCUT2D eigenvalue weighted by Crippen LogP contribution is 2.39. The summed E-state index contributed by atoms with van der Waals surface area (Å²) in [4.78, 5) is 0. The van der Waals surface area contributed by atoms with Gasteiger partial charge in [-0.05, 0) is 62.2 Å². The molecule has 0 heterocycles. The number of hydrogen-bond acceptors (Lipinski definition) is 1. The monoisotopic (exact) mass is 237 g/mol. The van der Waals surface area contributed by atoms with Gasteiger partial charge < -0.3 is 5.32 Å². The third kappa shape index (κ3) is 3.71. The molecule has 0 aliphatic heterocycles. The summed E-state index contributed by atoms with van der Waals surface area (Å²) in [7, 11) is 0. The van der Waals surface area contributed by atoms with Crippen LogP contribution in [-0.4, -0.2) is 12.1 Å². The molecule has 1 N–H and O–H groups in total. The summed E-state index contributed by atoms with van der Waals surface area (Å²) in [5, 5.41) is 3.97. The second kappa shape index (κ2) is 5.30. The molecule has 0 bridgehead atoms. The average molecular weight is 237 g/mol. The molecule has 0 amide bonds. The molecule has 1 nitrogen and oxygen atoms in total. The van der Waals surface area contributed by atoms with Crippen molar-refractivity contribution in [1.29, 1.82) is 0 Å². The Kier molecular flexibility index (Phi) is 4.18. The predicted octanol–water partition coefficient (Wildman–Crippen LogP) is 4.37.